The predicted octanol–water partition coefficient (Wildman–Crippen LogP) is -0.140. The Bertz CT molecular complexity index is 56.4. The van der Waals surface area contributed by atoms with Gasteiger partial charge in [0, 0.05) is 16.9 Å². The van der Waals surface area contributed by atoms with Crippen molar-refractivity contribution in [3.63, 3.8) is 0 Å². The molecule has 1 unspecified atom stereocenters. The van der Waals surface area contributed by atoms with Gasteiger partial charge in [-0.2, -0.15) is 0 Å². The highest BCUT2D eigenvalue weighted by Crippen LogP contribution is 1.34. The molecule has 0 bridgehead atoms. The second-order valence-corrected chi connectivity index (χ2v) is 1.49. The van der Waals surface area contributed by atoms with Crippen LogP contribution in [0.15, 0.2) is 0 Å². The van der Waals surface area contributed by atoms with Gasteiger partial charge in [-0.25, -0.2) is 0 Å². The molecule has 0 amide bonds. The fourth-order valence-corrected chi connectivity index (χ4v) is 0. The van der Waals surface area contributed by atoms with Crippen LogP contribution in [0.1, 0.15) is 0 Å². The quantitative estimate of drug-likeness (QED) is 0.390. The second-order valence-electron chi connectivity index (χ2n) is 0.497. The van der Waals surface area contributed by atoms with E-state index in [1.54, 1.807) is 0 Å². The standard InChI is InChI=1S/CH5NOS/c1-4(2)3/h2,4H,1H3. The largest absolute Gasteiger partial charge is 0.255 e. The maximum atomic E-state index is 9.26. The van der Waals surface area contributed by atoms with Gasteiger partial charge in [0.05, 0.1) is 0 Å². The van der Waals surface area contributed by atoms with Gasteiger partial charge in [-0.3, -0.25) is 8.99 Å². The molecule has 0 aliphatic carbocycles. The van der Waals surface area contributed by atoms with Crippen molar-refractivity contribution in [1.82, 2.24) is 0 Å². The minimum absolute atomic E-state index is 1.34. The Morgan fingerprint density at radius 3 is 2.00 bits per heavy atom. The van der Waals surface area contributed by atoms with Crippen LogP contribution in [-0.4, -0.2) is 10.5 Å². The predicted molar refractivity (Wildman–Crippen MR) is 18.2 cm³/mol. The molecule has 0 aliphatic heterocycles. The first-order chi connectivity index (χ1) is 1.73. The Hall–Kier alpha value is -0.0500. The van der Waals surface area contributed by atoms with E-state index in [1.165, 1.54) is 6.26 Å². The van der Waals surface area contributed by atoms with Gasteiger partial charge in [0.15, 0.2) is 0 Å². The summed E-state index contributed by atoms with van der Waals surface area (Å²) in [5, 5.41) is 0. The van der Waals surface area contributed by atoms with E-state index in [4.69, 9.17) is 4.78 Å². The molecule has 0 aromatic heterocycles. The normalized spacial score (nSPS) is 15.2. The molecule has 0 radical (unpaired) electrons. The van der Waals surface area contributed by atoms with E-state index in [1.807, 2.05) is 0 Å². The lowest BCUT2D eigenvalue weighted by Gasteiger charge is -1.47. The summed E-state index contributed by atoms with van der Waals surface area (Å²) in [6.07, 6.45) is 1.34. The first-order valence-corrected chi connectivity index (χ1v) is 2.56. The molecule has 0 saturated heterocycles. The fourth-order valence-electron chi connectivity index (χ4n) is 0. The van der Waals surface area contributed by atoms with E-state index < -0.39 is 10.6 Å². The monoisotopic (exact) mass is 79.0 g/mol. The summed E-state index contributed by atoms with van der Waals surface area (Å²) >= 11 is 0. The third-order valence-corrected chi connectivity index (χ3v) is 0. The van der Waals surface area contributed by atoms with Crippen molar-refractivity contribution in [2.24, 2.45) is 0 Å². The molecule has 4 heavy (non-hydrogen) atoms. The summed E-state index contributed by atoms with van der Waals surface area (Å²) in [4.78, 5) is 0. The van der Waals surface area contributed by atoms with Crippen LogP contribution in [0.2, 0.25) is 0 Å². The Labute approximate surface area is 26.8 Å². The Morgan fingerprint density at radius 2 is 2.00 bits per heavy atom. The summed E-state index contributed by atoms with van der Waals surface area (Å²) in [6.45, 7) is 0. The minimum atomic E-state index is -1.62. The van der Waals surface area contributed by atoms with Crippen molar-refractivity contribution in [1.29, 1.82) is 4.78 Å². The van der Waals surface area contributed by atoms with Crippen LogP contribution < -0.4 is 0 Å². The molecule has 0 fully saturated rings. The van der Waals surface area contributed by atoms with Gasteiger partial charge in [-0.15, -0.1) is 0 Å². The minimum Gasteiger partial charge on any atom is -0.255 e. The van der Waals surface area contributed by atoms with E-state index >= 15 is 0 Å². The molecule has 3 heteroatoms. The number of thiol groups is 1. The van der Waals surface area contributed by atoms with Crippen LogP contribution >= 0.6 is 0 Å². The Morgan fingerprint density at radius 1 is 2.00 bits per heavy atom. The molecule has 0 heterocycles. The summed E-state index contributed by atoms with van der Waals surface area (Å²) in [6, 6.07) is 0. The molecule has 0 aromatic rings. The summed E-state index contributed by atoms with van der Waals surface area (Å²) in [5.41, 5.74) is 0. The highest BCUT2D eigenvalue weighted by molar-refractivity contribution is 7.72. The summed E-state index contributed by atoms with van der Waals surface area (Å²) in [5.74, 6) is 0. The SMILES string of the molecule is C[SH](=N)=O. The van der Waals surface area contributed by atoms with Crippen LogP contribution in [-0.2, 0) is 10.6 Å². The van der Waals surface area contributed by atoms with Gasteiger partial charge in [-0.05, 0) is 0 Å². The van der Waals surface area contributed by atoms with Crippen LogP contribution in [0, 0.1) is 4.78 Å². The maximum Gasteiger partial charge on any atom is 0.0301 e. The third-order valence-electron chi connectivity index (χ3n) is 0. The lowest BCUT2D eigenvalue weighted by atomic mass is 12.0. The Kier molecular flexibility index (Phi) is 1.27. The Balaban J connectivity index is 3.51. The van der Waals surface area contributed by atoms with Crippen LogP contribution in [0.5, 0.6) is 0 Å². The zero-order valence-electron chi connectivity index (χ0n) is 2.36. The first kappa shape index (κ1) is 3.95. The molecule has 0 rings (SSSR count). The zero-order chi connectivity index (χ0) is 3.58. The van der Waals surface area contributed by atoms with Gasteiger partial charge in [0.2, 0.25) is 0 Å². The molecule has 2 nitrogen and oxygen atoms in total. The van der Waals surface area contributed by atoms with Crippen molar-refractivity contribution in [3.05, 3.63) is 0 Å². The average molecular weight is 79.1 g/mol. The lowest BCUT2D eigenvalue weighted by Crippen LogP contribution is -1.51. The number of hydrogen-bond donors (Lipinski definition) is 2. The molecular formula is CH5NOS. The average Bonchev–Trinajstić information content (AvgIpc) is 0.811. The molecule has 1 atom stereocenters. The van der Waals surface area contributed by atoms with Gasteiger partial charge < -0.3 is 0 Å². The summed E-state index contributed by atoms with van der Waals surface area (Å²) < 4.78 is 15.4. The van der Waals surface area contributed by atoms with Gasteiger partial charge in [-0.1, -0.05) is 0 Å². The van der Waals surface area contributed by atoms with Crippen LogP contribution in [0.3, 0.4) is 0 Å². The smallest absolute Gasteiger partial charge is 0.0301 e. The van der Waals surface area contributed by atoms with Crippen LogP contribution in [0.4, 0.5) is 0 Å². The topological polar surface area (TPSA) is 40.9 Å². The fraction of sp³-hybridized carbons (Fsp3) is 1.00. The summed E-state index contributed by atoms with van der Waals surface area (Å²) in [7, 11) is -1.62. The van der Waals surface area contributed by atoms with E-state index in [2.05, 4.69) is 0 Å². The number of hydrogen-bond acceptors (Lipinski definition) is 2. The van der Waals surface area contributed by atoms with E-state index in [-0.39, 0.29) is 0 Å². The first-order valence-electron chi connectivity index (χ1n) is 0.853. The number of nitrogens with one attached hydrogen (secondary N) is 1. The zero-order valence-corrected chi connectivity index (χ0v) is 3.25. The second kappa shape index (κ2) is 1.29. The molecule has 26 valence electrons. The van der Waals surface area contributed by atoms with Crippen molar-refractivity contribution < 1.29 is 4.21 Å². The van der Waals surface area contributed by atoms with Crippen molar-refractivity contribution in [3.8, 4) is 0 Å². The molecule has 0 aromatic carbocycles. The number of rotatable bonds is 0. The molecule has 1 N–H and O–H groups in total. The van der Waals surface area contributed by atoms with Crippen molar-refractivity contribution in [2.45, 2.75) is 0 Å². The van der Waals surface area contributed by atoms with Crippen molar-refractivity contribution >= 4 is 10.6 Å². The van der Waals surface area contributed by atoms with E-state index in [0.717, 1.165) is 0 Å². The molecule has 0 saturated carbocycles. The molecule has 0 spiro atoms. The van der Waals surface area contributed by atoms with Gasteiger partial charge in [0.25, 0.3) is 0 Å². The van der Waals surface area contributed by atoms with Crippen LogP contribution in [0.25, 0.3) is 0 Å². The van der Waals surface area contributed by atoms with Gasteiger partial charge >= 0.3 is 0 Å². The molecule has 0 aliphatic rings. The molecular weight excluding hydrogens is 74.1 g/mol. The van der Waals surface area contributed by atoms with E-state index in [9.17, 15) is 4.21 Å². The van der Waals surface area contributed by atoms with Gasteiger partial charge in [0.1, 0.15) is 0 Å². The highest BCUT2D eigenvalue weighted by Gasteiger charge is 1.38. The third kappa shape index (κ3) is 704. The maximum absolute atomic E-state index is 9.26. The lowest BCUT2D eigenvalue weighted by molar-refractivity contribution is 0.690. The van der Waals surface area contributed by atoms with Crippen molar-refractivity contribution in [2.75, 3.05) is 6.26 Å². The highest BCUT2D eigenvalue weighted by atomic mass is 32.2. The van der Waals surface area contributed by atoms with E-state index in [0.29, 0.717) is 0 Å².